The summed E-state index contributed by atoms with van der Waals surface area (Å²) in [6, 6.07) is 3.37. The van der Waals surface area contributed by atoms with Crippen molar-refractivity contribution >= 4 is 0 Å². The average Bonchev–Trinajstić information content (AvgIpc) is 2.39. The Hall–Kier alpha value is -1.76. The first-order valence-corrected chi connectivity index (χ1v) is 3.04. The summed E-state index contributed by atoms with van der Waals surface area (Å²) >= 11 is 0. The molecule has 56 valence electrons. The summed E-state index contributed by atoms with van der Waals surface area (Å²) in [5.74, 6) is -0.491. The monoisotopic (exact) mass is 149 g/mol. The maximum absolute atomic E-state index is 8.83. The SMILES string of the molecule is C=CC(C#N)c1cc(O)[nH]n1. The van der Waals surface area contributed by atoms with Gasteiger partial charge < -0.3 is 5.11 Å². The quantitative estimate of drug-likeness (QED) is 0.614. The van der Waals surface area contributed by atoms with Crippen molar-refractivity contribution in [2.75, 3.05) is 0 Å². The lowest BCUT2D eigenvalue weighted by Crippen LogP contribution is -1.90. The molecule has 1 rings (SSSR count). The standard InChI is InChI=1S/C7H7N3O/c1-2-5(4-8)6-3-7(11)10-9-6/h2-3,5H,1H2,(H2,9,10,11). The molecule has 4 nitrogen and oxygen atoms in total. The van der Waals surface area contributed by atoms with Crippen LogP contribution < -0.4 is 0 Å². The van der Waals surface area contributed by atoms with Gasteiger partial charge in [-0.2, -0.15) is 10.4 Å². The summed E-state index contributed by atoms with van der Waals surface area (Å²) in [4.78, 5) is 0. The number of hydrogen-bond donors (Lipinski definition) is 2. The molecule has 11 heavy (non-hydrogen) atoms. The van der Waals surface area contributed by atoms with Crippen LogP contribution in [0, 0.1) is 11.3 Å². The van der Waals surface area contributed by atoms with Gasteiger partial charge >= 0.3 is 0 Å². The molecule has 0 radical (unpaired) electrons. The molecule has 1 atom stereocenters. The second-order valence-electron chi connectivity index (χ2n) is 2.02. The van der Waals surface area contributed by atoms with E-state index in [4.69, 9.17) is 10.4 Å². The number of aromatic nitrogens is 2. The normalized spacial score (nSPS) is 11.9. The summed E-state index contributed by atoms with van der Waals surface area (Å²) in [6.45, 7) is 3.46. The number of allylic oxidation sites excluding steroid dienone is 1. The molecule has 0 aromatic carbocycles. The van der Waals surface area contributed by atoms with Crippen molar-refractivity contribution in [1.29, 1.82) is 5.26 Å². The maximum Gasteiger partial charge on any atom is 0.206 e. The molecule has 0 spiro atoms. The number of aromatic amines is 1. The van der Waals surface area contributed by atoms with Crippen LogP contribution in [0.4, 0.5) is 0 Å². The summed E-state index contributed by atoms with van der Waals surface area (Å²) < 4.78 is 0. The highest BCUT2D eigenvalue weighted by atomic mass is 16.3. The molecule has 2 N–H and O–H groups in total. The molecule has 0 fully saturated rings. The highest BCUT2D eigenvalue weighted by molar-refractivity contribution is 5.25. The first-order valence-electron chi connectivity index (χ1n) is 3.04. The molecule has 0 aliphatic rings. The molecule has 1 heterocycles. The third-order valence-electron chi connectivity index (χ3n) is 1.28. The minimum absolute atomic E-state index is 0.0397. The van der Waals surface area contributed by atoms with Crippen molar-refractivity contribution in [3.05, 3.63) is 24.4 Å². The lowest BCUT2D eigenvalue weighted by atomic mass is 10.1. The number of H-pyrrole nitrogens is 1. The first kappa shape index (κ1) is 7.35. The van der Waals surface area contributed by atoms with Gasteiger partial charge in [-0.05, 0) is 0 Å². The molecule has 0 aliphatic carbocycles. The molecular formula is C7H7N3O. The molecule has 0 amide bonds. The van der Waals surface area contributed by atoms with Gasteiger partial charge in [-0.25, -0.2) is 5.10 Å². The van der Waals surface area contributed by atoms with Gasteiger partial charge in [-0.1, -0.05) is 6.08 Å². The Labute approximate surface area is 63.8 Å². The van der Waals surface area contributed by atoms with Crippen LogP contribution in [0.5, 0.6) is 5.88 Å². The largest absolute Gasteiger partial charge is 0.494 e. The Morgan fingerprint density at radius 3 is 3.00 bits per heavy atom. The summed E-state index contributed by atoms with van der Waals surface area (Å²) in [5, 5.41) is 23.4. The summed E-state index contributed by atoms with van der Waals surface area (Å²) in [5.41, 5.74) is 0.486. The van der Waals surface area contributed by atoms with Crippen LogP contribution in [-0.2, 0) is 0 Å². The smallest absolute Gasteiger partial charge is 0.206 e. The van der Waals surface area contributed by atoms with Crippen molar-refractivity contribution in [3.63, 3.8) is 0 Å². The van der Waals surface area contributed by atoms with Crippen molar-refractivity contribution in [3.8, 4) is 11.9 Å². The molecule has 0 saturated heterocycles. The lowest BCUT2D eigenvalue weighted by Gasteiger charge is -1.93. The number of nitrogens with zero attached hydrogens (tertiary/aromatic N) is 2. The minimum Gasteiger partial charge on any atom is -0.494 e. The van der Waals surface area contributed by atoms with E-state index in [1.165, 1.54) is 12.1 Å². The van der Waals surface area contributed by atoms with E-state index in [2.05, 4.69) is 16.8 Å². The molecule has 1 aromatic rings. The van der Waals surface area contributed by atoms with Crippen LogP contribution in [0.2, 0.25) is 0 Å². The van der Waals surface area contributed by atoms with Gasteiger partial charge in [-0.15, -0.1) is 6.58 Å². The Balaban J connectivity index is 2.92. The highest BCUT2D eigenvalue weighted by Gasteiger charge is 2.09. The number of nitrogens with one attached hydrogen (secondary N) is 1. The van der Waals surface area contributed by atoms with Gasteiger partial charge in [0.15, 0.2) is 0 Å². The fourth-order valence-corrected chi connectivity index (χ4v) is 0.725. The van der Waals surface area contributed by atoms with E-state index in [0.29, 0.717) is 5.69 Å². The molecular weight excluding hydrogens is 142 g/mol. The molecule has 0 aliphatic heterocycles. The number of hydrogen-bond acceptors (Lipinski definition) is 3. The summed E-state index contributed by atoms with van der Waals surface area (Å²) in [7, 11) is 0. The molecule has 1 aromatic heterocycles. The Bertz CT molecular complexity index is 297. The zero-order valence-corrected chi connectivity index (χ0v) is 5.78. The Morgan fingerprint density at radius 1 is 1.91 bits per heavy atom. The maximum atomic E-state index is 8.83. The van der Waals surface area contributed by atoms with Gasteiger partial charge in [0, 0.05) is 6.07 Å². The van der Waals surface area contributed by atoms with E-state index < -0.39 is 5.92 Å². The van der Waals surface area contributed by atoms with Crippen molar-refractivity contribution in [2.24, 2.45) is 0 Å². The van der Waals surface area contributed by atoms with Crippen molar-refractivity contribution in [2.45, 2.75) is 5.92 Å². The zero-order chi connectivity index (χ0) is 8.27. The van der Waals surface area contributed by atoms with E-state index in [9.17, 15) is 0 Å². The van der Waals surface area contributed by atoms with Crippen LogP contribution in [0.3, 0.4) is 0 Å². The van der Waals surface area contributed by atoms with Gasteiger partial charge in [0.2, 0.25) is 5.88 Å². The zero-order valence-electron chi connectivity index (χ0n) is 5.78. The van der Waals surface area contributed by atoms with Gasteiger partial charge in [0.25, 0.3) is 0 Å². The van der Waals surface area contributed by atoms with E-state index in [-0.39, 0.29) is 5.88 Å². The van der Waals surface area contributed by atoms with Crippen LogP contribution in [0.1, 0.15) is 11.6 Å². The first-order chi connectivity index (χ1) is 5.27. The predicted octanol–water partition coefficient (Wildman–Crippen LogP) is 0.908. The van der Waals surface area contributed by atoms with E-state index in [0.717, 1.165) is 0 Å². The van der Waals surface area contributed by atoms with E-state index in [1.807, 2.05) is 6.07 Å². The molecule has 1 unspecified atom stereocenters. The highest BCUT2D eigenvalue weighted by Crippen LogP contribution is 2.16. The number of aromatic hydroxyl groups is 1. The van der Waals surface area contributed by atoms with Crippen molar-refractivity contribution in [1.82, 2.24) is 10.2 Å². The van der Waals surface area contributed by atoms with Gasteiger partial charge in [0.1, 0.15) is 5.92 Å². The third kappa shape index (κ3) is 1.38. The summed E-state index contributed by atoms with van der Waals surface area (Å²) in [6.07, 6.45) is 1.47. The van der Waals surface area contributed by atoms with Crippen LogP contribution in [-0.4, -0.2) is 15.3 Å². The van der Waals surface area contributed by atoms with E-state index in [1.54, 1.807) is 0 Å². The Kier molecular flexibility index (Phi) is 1.93. The van der Waals surface area contributed by atoms with Gasteiger partial charge in [0.05, 0.1) is 11.8 Å². The van der Waals surface area contributed by atoms with Crippen molar-refractivity contribution < 1.29 is 5.11 Å². The molecule has 0 bridgehead atoms. The predicted molar refractivity (Wildman–Crippen MR) is 38.8 cm³/mol. The molecule has 4 heteroatoms. The lowest BCUT2D eigenvalue weighted by molar-refractivity contribution is 0.452. The number of nitriles is 1. The topological polar surface area (TPSA) is 72.7 Å². The van der Waals surface area contributed by atoms with Crippen LogP contribution in [0.15, 0.2) is 18.7 Å². The molecule has 0 saturated carbocycles. The fourth-order valence-electron chi connectivity index (χ4n) is 0.725. The second-order valence-corrected chi connectivity index (χ2v) is 2.02. The second kappa shape index (κ2) is 2.88. The van der Waals surface area contributed by atoms with Crippen LogP contribution >= 0.6 is 0 Å². The van der Waals surface area contributed by atoms with Gasteiger partial charge in [-0.3, -0.25) is 0 Å². The average molecular weight is 149 g/mol. The number of rotatable bonds is 2. The minimum atomic E-state index is -0.452. The fraction of sp³-hybridized carbons (Fsp3) is 0.143. The van der Waals surface area contributed by atoms with Crippen LogP contribution in [0.25, 0.3) is 0 Å². The Morgan fingerprint density at radius 2 is 2.64 bits per heavy atom. The van der Waals surface area contributed by atoms with E-state index >= 15 is 0 Å². The third-order valence-corrected chi connectivity index (χ3v) is 1.28.